The van der Waals surface area contributed by atoms with Crippen LogP contribution in [-0.4, -0.2) is 15.9 Å². The van der Waals surface area contributed by atoms with Gasteiger partial charge >= 0.3 is 0 Å². The summed E-state index contributed by atoms with van der Waals surface area (Å²) in [5.74, 6) is -0.0625. The maximum atomic E-state index is 10.0. The second kappa shape index (κ2) is 12.3. The topological polar surface area (TPSA) is 50.2 Å². The molecule has 0 saturated carbocycles. The summed E-state index contributed by atoms with van der Waals surface area (Å²) in [7, 11) is 0. The number of pyridine rings is 1. The molecule has 1 spiro atoms. The summed E-state index contributed by atoms with van der Waals surface area (Å²) in [5, 5.41) is 8.36. The molecule has 5 aromatic carbocycles. The second-order valence-corrected chi connectivity index (χ2v) is 11.3. The van der Waals surface area contributed by atoms with Gasteiger partial charge in [0.1, 0.15) is 0 Å². The third-order valence-electron chi connectivity index (χ3n) is 8.47. The van der Waals surface area contributed by atoms with Crippen molar-refractivity contribution in [3.63, 3.8) is 0 Å². The summed E-state index contributed by atoms with van der Waals surface area (Å²) in [6.45, 7) is 2.85. The monoisotopic (exact) mass is 763 g/mol. The van der Waals surface area contributed by atoms with Crippen LogP contribution >= 0.6 is 0 Å². The van der Waals surface area contributed by atoms with Gasteiger partial charge in [0.05, 0.1) is 5.76 Å². The van der Waals surface area contributed by atoms with E-state index in [9.17, 15) is 4.79 Å². The number of hydrogen-bond donors (Lipinski definition) is 1. The third kappa shape index (κ3) is 5.08. The molecule has 1 N–H and O–H groups in total. The van der Waals surface area contributed by atoms with Gasteiger partial charge in [0.2, 0.25) is 0 Å². The Balaban J connectivity index is 0.000000404. The van der Waals surface area contributed by atoms with Gasteiger partial charge in [0.25, 0.3) is 0 Å². The van der Waals surface area contributed by atoms with Gasteiger partial charge in [0, 0.05) is 38.8 Å². The van der Waals surface area contributed by atoms with Crippen molar-refractivity contribution in [1.29, 1.82) is 0 Å². The molecule has 0 fully saturated rings. The van der Waals surface area contributed by atoms with Crippen molar-refractivity contribution in [3.05, 3.63) is 174 Å². The van der Waals surface area contributed by atoms with E-state index in [4.69, 9.17) is 10.1 Å². The quantitative estimate of drug-likeness (QED) is 0.111. The number of ketones is 1. The van der Waals surface area contributed by atoms with Crippen LogP contribution in [0, 0.1) is 6.07 Å². The average Bonchev–Trinajstić information content (AvgIpc) is 3.52. The van der Waals surface area contributed by atoms with Crippen LogP contribution in [0.4, 0.5) is 0 Å². The molecule has 1 aromatic heterocycles. The van der Waals surface area contributed by atoms with Crippen LogP contribution in [0.5, 0.6) is 0 Å². The minimum atomic E-state index is -0.397. The van der Waals surface area contributed by atoms with E-state index in [-0.39, 0.29) is 32.6 Å². The normalized spacial score (nSPS) is 13.0. The number of aliphatic hydroxyl groups excluding tert-OH is 1. The zero-order valence-corrected chi connectivity index (χ0v) is 27.2. The van der Waals surface area contributed by atoms with Crippen molar-refractivity contribution in [2.45, 2.75) is 19.3 Å². The number of hydrogen-bond acceptors (Lipinski definition) is 3. The Morgan fingerprint density at radius 3 is 1.73 bits per heavy atom. The van der Waals surface area contributed by atoms with Gasteiger partial charge in [-0.25, -0.2) is 0 Å². The minimum absolute atomic E-state index is 0. The Kier molecular flexibility index (Phi) is 8.23. The average molecular weight is 764 g/mol. The largest absolute Gasteiger partial charge is 0.512 e. The number of carbonyl (C=O) groups excluding carboxylic acids is 1. The molecule has 1 heterocycles. The zero-order valence-electron chi connectivity index (χ0n) is 24.9. The SMILES string of the molecule is CC(=O)/C=C(/C)O.[Pt].[c-]1cccc2c1-c1ncccc1C21c2ccc(-c3ccccc3)cc2-c2cc(-c3ccccc3)ccc21. The van der Waals surface area contributed by atoms with Crippen molar-refractivity contribution in [3.8, 4) is 44.6 Å². The van der Waals surface area contributed by atoms with E-state index in [0.717, 1.165) is 11.3 Å². The molecule has 0 bridgehead atoms. The second-order valence-electron chi connectivity index (χ2n) is 11.3. The van der Waals surface area contributed by atoms with E-state index in [1.807, 2.05) is 12.3 Å². The molecule has 0 unspecified atom stereocenters. The van der Waals surface area contributed by atoms with Crippen LogP contribution in [0.15, 0.2) is 145 Å². The maximum absolute atomic E-state index is 10.0. The molecule has 0 amide bonds. The van der Waals surface area contributed by atoms with Crippen molar-refractivity contribution in [2.24, 2.45) is 0 Å². The molecule has 0 saturated heterocycles. The fourth-order valence-electron chi connectivity index (χ4n) is 6.83. The molecule has 0 atom stereocenters. The van der Waals surface area contributed by atoms with Gasteiger partial charge in [0.15, 0.2) is 5.78 Å². The van der Waals surface area contributed by atoms with Crippen LogP contribution in [-0.2, 0) is 31.3 Å². The smallest absolute Gasteiger partial charge is 0.155 e. The molecular formula is C41H30NO2Pt-. The first-order valence-corrected chi connectivity index (χ1v) is 14.7. The zero-order chi connectivity index (χ0) is 30.3. The van der Waals surface area contributed by atoms with Gasteiger partial charge in [-0.05, 0) is 82.2 Å². The molecule has 222 valence electrons. The number of carbonyl (C=O) groups is 1. The molecule has 2 aliphatic rings. The molecule has 8 rings (SSSR count). The molecule has 2 aliphatic carbocycles. The first-order valence-electron chi connectivity index (χ1n) is 14.7. The summed E-state index contributed by atoms with van der Waals surface area (Å²) >= 11 is 0. The van der Waals surface area contributed by atoms with E-state index in [0.29, 0.717) is 0 Å². The van der Waals surface area contributed by atoms with E-state index in [1.165, 1.54) is 75.6 Å². The van der Waals surface area contributed by atoms with Crippen LogP contribution in [0.25, 0.3) is 44.6 Å². The summed E-state index contributed by atoms with van der Waals surface area (Å²) in [4.78, 5) is 14.9. The molecular weight excluding hydrogens is 734 g/mol. The van der Waals surface area contributed by atoms with Crippen LogP contribution < -0.4 is 0 Å². The molecule has 6 aromatic rings. The summed E-state index contributed by atoms with van der Waals surface area (Å²) in [6, 6.07) is 49.6. The predicted molar refractivity (Wildman–Crippen MR) is 177 cm³/mol. The number of aliphatic hydroxyl groups is 1. The van der Waals surface area contributed by atoms with Gasteiger partial charge in [-0.1, -0.05) is 96.6 Å². The molecule has 0 aliphatic heterocycles. The van der Waals surface area contributed by atoms with Crippen molar-refractivity contribution >= 4 is 5.78 Å². The van der Waals surface area contributed by atoms with E-state index in [2.05, 4.69) is 127 Å². The standard InChI is InChI=1S/C36H22N.C5H8O2.Pt/c1-3-10-24(11-4-1)26-17-19-32-29(22-26)30-23-27(25-12-5-2-6-13-25)18-20-33(30)36(32)31-15-8-7-14-28(31)35-34(36)16-9-21-37-35;1-4(6)3-5(2)7;/h1-13,15-23H;3,6H,1-2H3;/q-1;;/b;4-3-;. The Morgan fingerprint density at radius 2 is 1.22 bits per heavy atom. The van der Waals surface area contributed by atoms with Crippen molar-refractivity contribution < 1.29 is 31.0 Å². The third-order valence-corrected chi connectivity index (χ3v) is 8.47. The van der Waals surface area contributed by atoms with Gasteiger partial charge < -0.3 is 10.1 Å². The Morgan fingerprint density at radius 1 is 0.667 bits per heavy atom. The number of fused-ring (bicyclic) bond motifs is 10. The fraction of sp³-hybridized carbons (Fsp3) is 0.0732. The van der Waals surface area contributed by atoms with E-state index < -0.39 is 5.41 Å². The van der Waals surface area contributed by atoms with Gasteiger partial charge in [-0.2, -0.15) is 0 Å². The summed E-state index contributed by atoms with van der Waals surface area (Å²) in [6.07, 6.45) is 3.07. The van der Waals surface area contributed by atoms with Gasteiger partial charge in [-0.3, -0.25) is 4.79 Å². The van der Waals surface area contributed by atoms with Crippen molar-refractivity contribution in [2.75, 3.05) is 0 Å². The maximum Gasteiger partial charge on any atom is 0.155 e. The summed E-state index contributed by atoms with van der Waals surface area (Å²) in [5.41, 5.74) is 14.4. The number of nitrogens with zero attached hydrogens (tertiary/aromatic N) is 1. The molecule has 0 radical (unpaired) electrons. The van der Waals surface area contributed by atoms with Gasteiger partial charge in [-0.15, -0.1) is 35.4 Å². The Hall–Kier alpha value is -4.85. The first-order chi connectivity index (χ1) is 21.5. The van der Waals surface area contributed by atoms with Crippen LogP contribution in [0.1, 0.15) is 36.1 Å². The Bertz CT molecular complexity index is 1930. The Labute approximate surface area is 278 Å². The van der Waals surface area contributed by atoms with E-state index >= 15 is 0 Å². The number of aromatic nitrogens is 1. The number of allylic oxidation sites excluding steroid dienone is 2. The summed E-state index contributed by atoms with van der Waals surface area (Å²) < 4.78 is 0. The van der Waals surface area contributed by atoms with Crippen molar-refractivity contribution in [1.82, 2.24) is 4.98 Å². The first kappa shape index (κ1) is 30.2. The number of benzene rings is 5. The number of rotatable bonds is 3. The fourth-order valence-corrected chi connectivity index (χ4v) is 6.83. The minimum Gasteiger partial charge on any atom is -0.512 e. The van der Waals surface area contributed by atoms with Crippen LogP contribution in [0.2, 0.25) is 0 Å². The molecule has 4 heteroatoms. The molecule has 45 heavy (non-hydrogen) atoms. The van der Waals surface area contributed by atoms with E-state index in [1.54, 1.807) is 0 Å². The predicted octanol–water partition coefficient (Wildman–Crippen LogP) is 9.59. The van der Waals surface area contributed by atoms with Crippen LogP contribution in [0.3, 0.4) is 0 Å². The molecule has 3 nitrogen and oxygen atoms in total.